The van der Waals surface area contributed by atoms with Crippen molar-refractivity contribution in [2.75, 3.05) is 7.05 Å². The molecule has 0 aliphatic carbocycles. The van der Waals surface area contributed by atoms with Crippen LogP contribution in [0.3, 0.4) is 0 Å². The van der Waals surface area contributed by atoms with Crippen LogP contribution >= 0.6 is 0 Å². The zero-order valence-corrected chi connectivity index (χ0v) is 10.8. The van der Waals surface area contributed by atoms with Gasteiger partial charge in [-0.1, -0.05) is 12.1 Å². The Morgan fingerprint density at radius 3 is 2.47 bits per heavy atom. The number of phenols is 1. The number of aromatic nitrogens is 2. The summed E-state index contributed by atoms with van der Waals surface area (Å²) >= 11 is 0. The summed E-state index contributed by atoms with van der Waals surface area (Å²) in [4.78, 5) is 13.9. The number of nitrogens with zero attached hydrogens (tertiary/aromatic N) is 3. The van der Waals surface area contributed by atoms with Gasteiger partial charge in [0.05, 0.1) is 24.0 Å². The number of benzene rings is 1. The second-order valence-electron chi connectivity index (χ2n) is 4.31. The SMILES string of the molecule is CC(c1ccc(O)cc1)N(C)C(=O)c1ccnnc1. The van der Waals surface area contributed by atoms with Crippen molar-refractivity contribution in [2.45, 2.75) is 13.0 Å². The van der Waals surface area contributed by atoms with E-state index in [0.29, 0.717) is 5.56 Å². The normalized spacial score (nSPS) is 11.9. The van der Waals surface area contributed by atoms with Gasteiger partial charge in [-0.05, 0) is 30.7 Å². The second-order valence-corrected chi connectivity index (χ2v) is 4.31. The molecule has 2 aromatic rings. The van der Waals surface area contributed by atoms with Crippen LogP contribution in [-0.2, 0) is 0 Å². The van der Waals surface area contributed by atoms with Gasteiger partial charge < -0.3 is 10.0 Å². The lowest BCUT2D eigenvalue weighted by Gasteiger charge is -2.25. The Kier molecular flexibility index (Phi) is 3.75. The molecule has 98 valence electrons. The fourth-order valence-electron chi connectivity index (χ4n) is 1.77. The molecule has 0 aliphatic rings. The van der Waals surface area contributed by atoms with Gasteiger partial charge in [-0.15, -0.1) is 0 Å². The van der Waals surface area contributed by atoms with Gasteiger partial charge >= 0.3 is 0 Å². The maximum atomic E-state index is 12.2. The fourth-order valence-corrected chi connectivity index (χ4v) is 1.77. The van der Waals surface area contributed by atoms with Gasteiger partial charge in [0.2, 0.25) is 0 Å². The molecular formula is C14H15N3O2. The number of aromatic hydroxyl groups is 1. The third kappa shape index (κ3) is 2.88. The summed E-state index contributed by atoms with van der Waals surface area (Å²) in [5.74, 6) is 0.0961. The van der Waals surface area contributed by atoms with E-state index < -0.39 is 0 Å². The highest BCUT2D eigenvalue weighted by molar-refractivity contribution is 5.93. The van der Waals surface area contributed by atoms with E-state index in [9.17, 15) is 9.90 Å². The lowest BCUT2D eigenvalue weighted by atomic mass is 10.1. The Morgan fingerprint density at radius 1 is 1.21 bits per heavy atom. The van der Waals surface area contributed by atoms with Crippen molar-refractivity contribution >= 4 is 5.91 Å². The van der Waals surface area contributed by atoms with E-state index in [1.165, 1.54) is 12.4 Å². The molecule has 0 saturated carbocycles. The Labute approximate surface area is 111 Å². The van der Waals surface area contributed by atoms with Crippen LogP contribution < -0.4 is 0 Å². The zero-order valence-electron chi connectivity index (χ0n) is 10.8. The van der Waals surface area contributed by atoms with E-state index in [4.69, 9.17) is 0 Å². The summed E-state index contributed by atoms with van der Waals surface area (Å²) in [5.41, 5.74) is 1.46. The molecule has 1 unspecified atom stereocenters. The standard InChI is InChI=1S/C14H15N3O2/c1-10(11-3-5-13(18)6-4-11)17(2)14(19)12-7-8-15-16-9-12/h3-10,18H,1-2H3. The van der Waals surface area contributed by atoms with Crippen LogP contribution in [0.15, 0.2) is 42.7 Å². The van der Waals surface area contributed by atoms with Gasteiger partial charge in [0.25, 0.3) is 5.91 Å². The molecule has 0 fully saturated rings. The predicted molar refractivity (Wildman–Crippen MR) is 70.6 cm³/mol. The van der Waals surface area contributed by atoms with Gasteiger partial charge in [-0.3, -0.25) is 4.79 Å². The largest absolute Gasteiger partial charge is 0.508 e. The Morgan fingerprint density at radius 2 is 1.89 bits per heavy atom. The second kappa shape index (κ2) is 5.48. The molecule has 5 heteroatoms. The van der Waals surface area contributed by atoms with Gasteiger partial charge in [0.15, 0.2) is 0 Å². The topological polar surface area (TPSA) is 66.3 Å². The molecule has 0 spiro atoms. The van der Waals surface area contributed by atoms with E-state index >= 15 is 0 Å². The number of amides is 1. The number of hydrogen-bond donors (Lipinski definition) is 1. The molecule has 0 bridgehead atoms. The third-order valence-corrected chi connectivity index (χ3v) is 3.11. The average Bonchev–Trinajstić information content (AvgIpc) is 2.46. The molecule has 0 saturated heterocycles. The lowest BCUT2D eigenvalue weighted by Crippen LogP contribution is -2.29. The lowest BCUT2D eigenvalue weighted by molar-refractivity contribution is 0.0742. The van der Waals surface area contributed by atoms with E-state index in [-0.39, 0.29) is 17.7 Å². The molecule has 1 heterocycles. The number of phenolic OH excluding ortho intramolecular Hbond substituents is 1. The monoisotopic (exact) mass is 257 g/mol. The first kappa shape index (κ1) is 13.0. The maximum absolute atomic E-state index is 12.2. The summed E-state index contributed by atoms with van der Waals surface area (Å²) in [5, 5.41) is 16.6. The molecule has 1 N–H and O–H groups in total. The van der Waals surface area contributed by atoms with Crippen LogP contribution in [-0.4, -0.2) is 33.2 Å². The Balaban J connectivity index is 2.17. The van der Waals surface area contributed by atoms with E-state index in [1.807, 2.05) is 6.92 Å². The number of hydrogen-bond acceptors (Lipinski definition) is 4. The number of rotatable bonds is 3. The minimum absolute atomic E-state index is 0.0961. The van der Waals surface area contributed by atoms with Crippen molar-refractivity contribution < 1.29 is 9.90 Å². The highest BCUT2D eigenvalue weighted by atomic mass is 16.3. The van der Waals surface area contributed by atoms with Crippen molar-refractivity contribution in [1.29, 1.82) is 0 Å². The fraction of sp³-hybridized carbons (Fsp3) is 0.214. The zero-order chi connectivity index (χ0) is 13.8. The summed E-state index contributed by atoms with van der Waals surface area (Å²) < 4.78 is 0. The highest BCUT2D eigenvalue weighted by Crippen LogP contribution is 2.22. The van der Waals surface area contributed by atoms with Gasteiger partial charge in [-0.2, -0.15) is 10.2 Å². The molecule has 1 atom stereocenters. The molecule has 2 rings (SSSR count). The Bertz CT molecular complexity index is 555. The number of carbonyl (C=O) groups is 1. The van der Waals surface area contributed by atoms with Crippen molar-refractivity contribution in [3.63, 3.8) is 0 Å². The number of carbonyl (C=O) groups excluding carboxylic acids is 1. The van der Waals surface area contributed by atoms with Crippen LogP contribution in [0.25, 0.3) is 0 Å². The molecule has 1 amide bonds. The van der Waals surface area contributed by atoms with Crippen LogP contribution in [0.5, 0.6) is 5.75 Å². The van der Waals surface area contributed by atoms with E-state index in [0.717, 1.165) is 5.56 Å². The summed E-state index contributed by atoms with van der Waals surface area (Å²) in [6.45, 7) is 1.93. The Hall–Kier alpha value is -2.43. The van der Waals surface area contributed by atoms with Crippen molar-refractivity contribution in [2.24, 2.45) is 0 Å². The van der Waals surface area contributed by atoms with Gasteiger partial charge in [-0.25, -0.2) is 0 Å². The molecule has 19 heavy (non-hydrogen) atoms. The van der Waals surface area contributed by atoms with Gasteiger partial charge in [0, 0.05) is 7.05 Å². The van der Waals surface area contributed by atoms with Crippen molar-refractivity contribution in [3.05, 3.63) is 53.9 Å². The van der Waals surface area contributed by atoms with Gasteiger partial charge in [0.1, 0.15) is 5.75 Å². The van der Waals surface area contributed by atoms with Crippen molar-refractivity contribution in [3.8, 4) is 5.75 Å². The summed E-state index contributed by atoms with van der Waals surface area (Å²) in [6, 6.07) is 8.36. The maximum Gasteiger partial charge on any atom is 0.255 e. The summed E-state index contributed by atoms with van der Waals surface area (Å²) in [6.07, 6.45) is 2.94. The minimum atomic E-state index is -0.115. The van der Waals surface area contributed by atoms with Crippen LogP contribution in [0.1, 0.15) is 28.9 Å². The smallest absolute Gasteiger partial charge is 0.255 e. The van der Waals surface area contributed by atoms with Crippen LogP contribution in [0.2, 0.25) is 0 Å². The first-order valence-corrected chi connectivity index (χ1v) is 5.92. The molecule has 0 aliphatic heterocycles. The predicted octanol–water partition coefficient (Wildman–Crippen LogP) is 2.02. The third-order valence-electron chi connectivity index (χ3n) is 3.11. The average molecular weight is 257 g/mol. The molecule has 1 aromatic heterocycles. The molecular weight excluding hydrogens is 242 g/mol. The van der Waals surface area contributed by atoms with E-state index in [1.54, 1.807) is 42.3 Å². The summed E-state index contributed by atoms with van der Waals surface area (Å²) in [7, 11) is 1.74. The van der Waals surface area contributed by atoms with Crippen molar-refractivity contribution in [1.82, 2.24) is 15.1 Å². The molecule has 1 aromatic carbocycles. The minimum Gasteiger partial charge on any atom is -0.508 e. The molecule has 5 nitrogen and oxygen atoms in total. The van der Waals surface area contributed by atoms with Crippen LogP contribution in [0, 0.1) is 0 Å². The van der Waals surface area contributed by atoms with E-state index in [2.05, 4.69) is 10.2 Å². The quantitative estimate of drug-likeness (QED) is 0.913. The van der Waals surface area contributed by atoms with Crippen LogP contribution in [0.4, 0.5) is 0 Å². The first-order valence-electron chi connectivity index (χ1n) is 5.92. The molecule has 0 radical (unpaired) electrons. The highest BCUT2D eigenvalue weighted by Gasteiger charge is 2.18. The first-order chi connectivity index (χ1) is 9.09.